The van der Waals surface area contributed by atoms with Crippen molar-refractivity contribution in [1.29, 1.82) is 0 Å². The molecule has 7 heteroatoms. The molecule has 1 saturated carbocycles. The molecule has 1 aromatic carbocycles. The van der Waals surface area contributed by atoms with E-state index in [9.17, 15) is 9.90 Å². The van der Waals surface area contributed by atoms with Crippen molar-refractivity contribution in [1.82, 2.24) is 14.7 Å². The Morgan fingerprint density at radius 3 is 2.57 bits per heavy atom. The molecule has 0 spiro atoms. The van der Waals surface area contributed by atoms with E-state index in [1.165, 1.54) is 5.56 Å². The highest BCUT2D eigenvalue weighted by atomic mass is 35.5. The van der Waals surface area contributed by atoms with E-state index in [1.807, 2.05) is 44.0 Å². The van der Waals surface area contributed by atoms with Gasteiger partial charge in [0.1, 0.15) is 5.60 Å². The number of hydrogen-bond acceptors (Lipinski definition) is 4. The van der Waals surface area contributed by atoms with Gasteiger partial charge in [0.2, 0.25) is 0 Å². The number of aromatic nitrogens is 2. The molecule has 1 aliphatic carbocycles. The van der Waals surface area contributed by atoms with E-state index in [4.69, 9.17) is 21.4 Å². The van der Waals surface area contributed by atoms with Crippen molar-refractivity contribution in [2.45, 2.75) is 70.1 Å². The molecule has 0 radical (unpaired) electrons. The average Bonchev–Trinajstić information content (AvgIpc) is 3.04. The average molecular weight is 432 g/mol. The van der Waals surface area contributed by atoms with Crippen molar-refractivity contribution in [2.24, 2.45) is 0 Å². The molecule has 30 heavy (non-hydrogen) atoms. The maximum absolute atomic E-state index is 13.2. The summed E-state index contributed by atoms with van der Waals surface area (Å²) in [5, 5.41) is 14.9. The van der Waals surface area contributed by atoms with Crippen LogP contribution >= 0.6 is 11.6 Å². The summed E-state index contributed by atoms with van der Waals surface area (Å²) in [6, 6.07) is 7.79. The number of fused-ring (bicyclic) bond motifs is 1. The van der Waals surface area contributed by atoms with Crippen molar-refractivity contribution in [3.63, 3.8) is 0 Å². The first kappa shape index (κ1) is 21.2. The first-order valence-electron chi connectivity index (χ1n) is 10.7. The Bertz CT molecular complexity index is 913. The highest BCUT2D eigenvalue weighted by Gasteiger charge is 2.53. The number of ether oxygens (including phenoxy) is 1. The van der Waals surface area contributed by atoms with Crippen LogP contribution in [-0.4, -0.2) is 44.6 Å². The van der Waals surface area contributed by atoms with Crippen LogP contribution in [0, 0.1) is 0 Å². The molecule has 1 aromatic heterocycles. The lowest BCUT2D eigenvalue weighted by Crippen LogP contribution is -2.54. The van der Waals surface area contributed by atoms with Crippen molar-refractivity contribution in [3.8, 4) is 0 Å². The molecule has 1 unspecified atom stereocenters. The van der Waals surface area contributed by atoms with Gasteiger partial charge in [0.25, 0.3) is 0 Å². The van der Waals surface area contributed by atoms with Crippen LogP contribution < -0.4 is 0 Å². The van der Waals surface area contributed by atoms with Gasteiger partial charge >= 0.3 is 6.09 Å². The SMILES string of the molecule is CC(C)(C)OC(=O)N1CCc2cn(CCO)nc2C1C1(c2ccc(Cl)cc2)CCC1. The summed E-state index contributed by atoms with van der Waals surface area (Å²) >= 11 is 6.16. The minimum atomic E-state index is -0.564. The van der Waals surface area contributed by atoms with Gasteiger partial charge in [0.05, 0.1) is 24.9 Å². The normalized spacial score (nSPS) is 20.4. The molecule has 1 atom stereocenters. The Morgan fingerprint density at radius 1 is 1.30 bits per heavy atom. The second-order valence-corrected chi connectivity index (χ2v) is 9.81. The summed E-state index contributed by atoms with van der Waals surface area (Å²) in [5.41, 5.74) is 2.48. The lowest BCUT2D eigenvalue weighted by atomic mass is 9.58. The van der Waals surface area contributed by atoms with E-state index >= 15 is 0 Å². The Labute approximate surface area is 182 Å². The van der Waals surface area contributed by atoms with E-state index in [-0.39, 0.29) is 24.2 Å². The van der Waals surface area contributed by atoms with Crippen LogP contribution in [0.25, 0.3) is 0 Å². The molecule has 0 bridgehead atoms. The topological polar surface area (TPSA) is 67.6 Å². The van der Waals surface area contributed by atoms with E-state index in [2.05, 4.69) is 12.1 Å². The zero-order valence-corrected chi connectivity index (χ0v) is 18.7. The summed E-state index contributed by atoms with van der Waals surface area (Å²) < 4.78 is 7.58. The summed E-state index contributed by atoms with van der Waals surface area (Å²) in [6.45, 7) is 6.74. The number of rotatable bonds is 4. The van der Waals surface area contributed by atoms with E-state index < -0.39 is 5.60 Å². The first-order chi connectivity index (χ1) is 14.2. The van der Waals surface area contributed by atoms with Gasteiger partial charge in [-0.25, -0.2) is 4.79 Å². The molecule has 1 fully saturated rings. The van der Waals surface area contributed by atoms with Gasteiger partial charge in [-0.15, -0.1) is 0 Å². The standard InChI is InChI=1S/C23H30ClN3O3/c1-22(2,3)30-21(29)27-12-9-16-15-26(13-14-28)25-19(16)20(27)23(10-4-11-23)17-5-7-18(24)8-6-17/h5-8,15,20,28H,4,9-14H2,1-3H3. The minimum Gasteiger partial charge on any atom is -0.444 e. The maximum atomic E-state index is 13.2. The predicted octanol–water partition coefficient (Wildman–Crippen LogP) is 4.49. The van der Waals surface area contributed by atoms with Crippen LogP contribution in [0.1, 0.15) is 62.9 Å². The lowest BCUT2D eigenvalue weighted by molar-refractivity contribution is -0.00918. The van der Waals surface area contributed by atoms with Crippen LogP contribution in [0.3, 0.4) is 0 Å². The summed E-state index contributed by atoms with van der Waals surface area (Å²) in [4.78, 5) is 15.1. The molecule has 0 saturated heterocycles. The van der Waals surface area contributed by atoms with E-state index in [0.717, 1.165) is 36.9 Å². The Balaban J connectivity index is 1.80. The van der Waals surface area contributed by atoms with Crippen molar-refractivity contribution < 1.29 is 14.6 Å². The first-order valence-corrected chi connectivity index (χ1v) is 11.0. The number of carbonyl (C=O) groups is 1. The van der Waals surface area contributed by atoms with Gasteiger partial charge in [-0.1, -0.05) is 30.2 Å². The van der Waals surface area contributed by atoms with E-state index in [0.29, 0.717) is 18.1 Å². The Morgan fingerprint density at radius 2 is 2.00 bits per heavy atom. The lowest BCUT2D eigenvalue weighted by Gasteiger charge is -2.52. The third-order valence-corrected chi connectivity index (χ3v) is 6.46. The number of amides is 1. The smallest absolute Gasteiger partial charge is 0.410 e. The quantitative estimate of drug-likeness (QED) is 0.774. The van der Waals surface area contributed by atoms with Crippen LogP contribution in [0.15, 0.2) is 30.5 Å². The number of aliphatic hydroxyl groups excluding tert-OH is 1. The summed E-state index contributed by atoms with van der Waals surface area (Å²) in [5.74, 6) is 0. The highest BCUT2D eigenvalue weighted by molar-refractivity contribution is 6.30. The molecule has 2 aromatic rings. The van der Waals surface area contributed by atoms with Gasteiger partial charge in [0.15, 0.2) is 0 Å². The van der Waals surface area contributed by atoms with Gasteiger partial charge in [-0.3, -0.25) is 9.58 Å². The fourth-order valence-corrected chi connectivity index (χ4v) is 4.90. The molecule has 1 amide bonds. The zero-order valence-electron chi connectivity index (χ0n) is 17.9. The largest absolute Gasteiger partial charge is 0.444 e. The number of benzene rings is 1. The van der Waals surface area contributed by atoms with Crippen LogP contribution in [0.5, 0.6) is 0 Å². The van der Waals surface area contributed by atoms with Gasteiger partial charge in [-0.05, 0) is 63.3 Å². The molecule has 2 heterocycles. The second-order valence-electron chi connectivity index (χ2n) is 9.37. The molecule has 1 N–H and O–H groups in total. The fourth-order valence-electron chi connectivity index (χ4n) is 4.77. The third kappa shape index (κ3) is 3.83. The number of carbonyl (C=O) groups excluding carboxylic acids is 1. The fraction of sp³-hybridized carbons (Fsp3) is 0.565. The van der Waals surface area contributed by atoms with Gasteiger partial charge in [0, 0.05) is 23.2 Å². The molecular formula is C23H30ClN3O3. The van der Waals surface area contributed by atoms with Crippen molar-refractivity contribution in [2.75, 3.05) is 13.2 Å². The third-order valence-electron chi connectivity index (χ3n) is 6.21. The maximum Gasteiger partial charge on any atom is 0.410 e. The zero-order chi connectivity index (χ0) is 21.5. The van der Waals surface area contributed by atoms with E-state index in [1.54, 1.807) is 4.68 Å². The molecule has 4 rings (SSSR count). The summed E-state index contributed by atoms with van der Waals surface area (Å²) in [7, 11) is 0. The number of nitrogens with zero attached hydrogens (tertiary/aromatic N) is 3. The summed E-state index contributed by atoms with van der Waals surface area (Å²) in [6.07, 6.45) is 5.51. The van der Waals surface area contributed by atoms with Crippen LogP contribution in [0.4, 0.5) is 4.79 Å². The molecule has 1 aliphatic heterocycles. The second kappa shape index (κ2) is 7.89. The minimum absolute atomic E-state index is 0.0311. The van der Waals surface area contributed by atoms with Crippen molar-refractivity contribution >= 4 is 17.7 Å². The van der Waals surface area contributed by atoms with Crippen molar-refractivity contribution in [3.05, 3.63) is 52.3 Å². The number of aliphatic hydroxyl groups is 1. The van der Waals surface area contributed by atoms with Crippen LogP contribution in [-0.2, 0) is 23.1 Å². The highest BCUT2D eigenvalue weighted by Crippen LogP contribution is 2.56. The molecule has 2 aliphatic rings. The Kier molecular flexibility index (Phi) is 5.58. The van der Waals surface area contributed by atoms with Crippen LogP contribution in [0.2, 0.25) is 5.02 Å². The number of halogens is 1. The number of hydrogen-bond donors (Lipinski definition) is 1. The molecule has 162 valence electrons. The molecular weight excluding hydrogens is 402 g/mol. The predicted molar refractivity (Wildman–Crippen MR) is 116 cm³/mol. The Hall–Kier alpha value is -2.05. The van der Waals surface area contributed by atoms with Gasteiger partial charge in [-0.2, -0.15) is 5.10 Å². The molecule has 6 nitrogen and oxygen atoms in total. The van der Waals surface area contributed by atoms with Gasteiger partial charge < -0.3 is 9.84 Å². The monoisotopic (exact) mass is 431 g/mol.